The molecular weight excluding hydrogens is 241 g/mol. The molecule has 0 aliphatic heterocycles. The molecule has 2 N–H and O–H groups in total. The lowest BCUT2D eigenvalue weighted by Crippen LogP contribution is -2.32. The van der Waals surface area contributed by atoms with Crippen LogP contribution in [0.15, 0.2) is 18.2 Å². The molecule has 2 unspecified atom stereocenters. The van der Waals surface area contributed by atoms with Gasteiger partial charge in [-0.3, -0.25) is 0 Å². The quantitative estimate of drug-likeness (QED) is 0.857. The lowest BCUT2D eigenvalue weighted by atomic mass is 9.79. The summed E-state index contributed by atoms with van der Waals surface area (Å²) in [4.78, 5) is 0. The topological polar surface area (TPSA) is 32.3 Å². The summed E-state index contributed by atoms with van der Waals surface area (Å²) in [6.45, 7) is 3.97. The van der Waals surface area contributed by atoms with Crippen molar-refractivity contribution in [3.8, 4) is 0 Å². The second kappa shape index (κ2) is 7.01. The molecule has 0 aromatic heterocycles. The Labute approximate surface area is 115 Å². The average molecular weight is 265 g/mol. The van der Waals surface area contributed by atoms with Gasteiger partial charge in [0.25, 0.3) is 0 Å². The maximum Gasteiger partial charge on any atom is 0.123 e. The van der Waals surface area contributed by atoms with E-state index in [1.165, 1.54) is 25.3 Å². The second-order valence-corrected chi connectivity index (χ2v) is 5.69. The number of benzene rings is 1. The molecule has 106 valence electrons. The smallest absolute Gasteiger partial charge is 0.123 e. The van der Waals surface area contributed by atoms with E-state index >= 15 is 0 Å². The monoisotopic (exact) mass is 265 g/mol. The molecule has 1 saturated carbocycles. The van der Waals surface area contributed by atoms with E-state index < -0.39 is 0 Å². The second-order valence-electron chi connectivity index (χ2n) is 5.69. The predicted molar refractivity (Wildman–Crippen MR) is 75.4 cm³/mol. The van der Waals surface area contributed by atoms with Gasteiger partial charge in [0.15, 0.2) is 0 Å². The van der Waals surface area contributed by atoms with Crippen LogP contribution < -0.4 is 5.32 Å². The third kappa shape index (κ3) is 4.02. The Kier molecular flexibility index (Phi) is 5.34. The van der Waals surface area contributed by atoms with Crippen LogP contribution in [0.1, 0.15) is 36.8 Å². The fourth-order valence-electron chi connectivity index (χ4n) is 3.04. The van der Waals surface area contributed by atoms with Gasteiger partial charge in [0.1, 0.15) is 5.82 Å². The zero-order valence-corrected chi connectivity index (χ0v) is 11.7. The molecule has 1 aliphatic rings. The van der Waals surface area contributed by atoms with Crippen molar-refractivity contribution in [1.29, 1.82) is 0 Å². The van der Waals surface area contributed by atoms with Crippen LogP contribution in [0.4, 0.5) is 4.39 Å². The van der Waals surface area contributed by atoms with E-state index in [-0.39, 0.29) is 5.82 Å². The van der Waals surface area contributed by atoms with E-state index in [9.17, 15) is 9.50 Å². The third-order valence-corrected chi connectivity index (χ3v) is 4.33. The van der Waals surface area contributed by atoms with Gasteiger partial charge in [0, 0.05) is 13.2 Å². The number of aliphatic hydroxyl groups excluding tert-OH is 1. The lowest BCUT2D eigenvalue weighted by Gasteiger charge is -2.30. The Hall–Kier alpha value is -0.930. The molecule has 0 spiro atoms. The van der Waals surface area contributed by atoms with Crippen molar-refractivity contribution in [3.63, 3.8) is 0 Å². The molecule has 0 heterocycles. The Balaban J connectivity index is 1.82. The maximum atomic E-state index is 13.0. The van der Waals surface area contributed by atoms with Crippen molar-refractivity contribution < 1.29 is 9.50 Å². The molecule has 0 amide bonds. The van der Waals surface area contributed by atoms with Gasteiger partial charge in [-0.15, -0.1) is 0 Å². The van der Waals surface area contributed by atoms with E-state index in [0.717, 1.165) is 30.6 Å². The van der Waals surface area contributed by atoms with E-state index in [0.29, 0.717) is 18.4 Å². The number of hydrogen-bond donors (Lipinski definition) is 2. The highest BCUT2D eigenvalue weighted by molar-refractivity contribution is 5.26. The van der Waals surface area contributed by atoms with Crippen LogP contribution in [0.3, 0.4) is 0 Å². The van der Waals surface area contributed by atoms with Crippen LogP contribution in [-0.4, -0.2) is 18.3 Å². The lowest BCUT2D eigenvalue weighted by molar-refractivity contribution is 0.133. The molecule has 3 heteroatoms. The van der Waals surface area contributed by atoms with Crippen LogP contribution >= 0.6 is 0 Å². The average Bonchev–Trinajstić information content (AvgIpc) is 2.42. The third-order valence-electron chi connectivity index (χ3n) is 4.33. The SMILES string of the molecule is Cc1cc(F)ccc1CNCC1CCCCC1CO. The highest BCUT2D eigenvalue weighted by Crippen LogP contribution is 2.29. The van der Waals surface area contributed by atoms with E-state index in [2.05, 4.69) is 5.32 Å². The van der Waals surface area contributed by atoms with Crippen LogP contribution in [0, 0.1) is 24.6 Å². The van der Waals surface area contributed by atoms with Crippen LogP contribution in [0.5, 0.6) is 0 Å². The highest BCUT2D eigenvalue weighted by atomic mass is 19.1. The van der Waals surface area contributed by atoms with Crippen molar-refractivity contribution in [2.75, 3.05) is 13.2 Å². The molecule has 19 heavy (non-hydrogen) atoms. The zero-order valence-electron chi connectivity index (χ0n) is 11.7. The summed E-state index contributed by atoms with van der Waals surface area (Å²) in [5.41, 5.74) is 2.15. The molecule has 1 aromatic rings. The predicted octanol–water partition coefficient (Wildman–Crippen LogP) is 3.02. The van der Waals surface area contributed by atoms with Crippen molar-refractivity contribution in [3.05, 3.63) is 35.1 Å². The summed E-state index contributed by atoms with van der Waals surface area (Å²) in [5, 5.41) is 12.8. The van der Waals surface area contributed by atoms with Crippen LogP contribution in [-0.2, 0) is 6.54 Å². The van der Waals surface area contributed by atoms with Gasteiger partial charge in [-0.05, 0) is 61.4 Å². The zero-order chi connectivity index (χ0) is 13.7. The summed E-state index contributed by atoms with van der Waals surface area (Å²) in [6, 6.07) is 4.94. The summed E-state index contributed by atoms with van der Waals surface area (Å²) in [5.74, 6) is 0.865. The minimum atomic E-state index is -0.172. The fourth-order valence-corrected chi connectivity index (χ4v) is 3.04. The number of rotatable bonds is 5. The van der Waals surface area contributed by atoms with Crippen molar-refractivity contribution in [2.45, 2.75) is 39.2 Å². The van der Waals surface area contributed by atoms with Gasteiger partial charge < -0.3 is 10.4 Å². The summed E-state index contributed by atoms with van der Waals surface area (Å²) in [6.07, 6.45) is 4.89. The van der Waals surface area contributed by atoms with Gasteiger partial charge in [-0.2, -0.15) is 0 Å². The first-order valence-electron chi connectivity index (χ1n) is 7.27. The minimum Gasteiger partial charge on any atom is -0.396 e. The van der Waals surface area contributed by atoms with E-state index in [1.54, 1.807) is 6.07 Å². The summed E-state index contributed by atoms with van der Waals surface area (Å²) >= 11 is 0. The molecular formula is C16H24FNO. The van der Waals surface area contributed by atoms with Gasteiger partial charge in [-0.1, -0.05) is 18.9 Å². The minimum absolute atomic E-state index is 0.172. The Morgan fingerprint density at radius 3 is 2.68 bits per heavy atom. The highest BCUT2D eigenvalue weighted by Gasteiger charge is 2.23. The number of aryl methyl sites for hydroxylation is 1. The van der Waals surface area contributed by atoms with E-state index in [4.69, 9.17) is 0 Å². The molecule has 0 radical (unpaired) electrons. The molecule has 1 aliphatic carbocycles. The summed E-state index contributed by atoms with van der Waals surface area (Å²) in [7, 11) is 0. The van der Waals surface area contributed by atoms with E-state index in [1.807, 2.05) is 13.0 Å². The molecule has 2 nitrogen and oxygen atoms in total. The number of aliphatic hydroxyl groups is 1. The first-order valence-corrected chi connectivity index (χ1v) is 7.27. The molecule has 1 aromatic carbocycles. The number of halogens is 1. The molecule has 1 fully saturated rings. The van der Waals surface area contributed by atoms with Crippen molar-refractivity contribution in [2.24, 2.45) is 11.8 Å². The van der Waals surface area contributed by atoms with Crippen molar-refractivity contribution in [1.82, 2.24) is 5.32 Å². The van der Waals surface area contributed by atoms with Gasteiger partial charge >= 0.3 is 0 Å². The molecule has 0 bridgehead atoms. The van der Waals surface area contributed by atoms with Crippen LogP contribution in [0.2, 0.25) is 0 Å². The molecule has 0 saturated heterocycles. The standard InChI is InChI=1S/C16H24FNO/c1-12-8-16(17)7-6-13(12)9-18-10-14-4-2-3-5-15(14)11-19/h6-8,14-15,18-19H,2-5,9-11H2,1H3. The number of nitrogens with one attached hydrogen (secondary N) is 1. The van der Waals surface area contributed by atoms with Gasteiger partial charge in [-0.25, -0.2) is 4.39 Å². The van der Waals surface area contributed by atoms with Crippen LogP contribution in [0.25, 0.3) is 0 Å². The number of hydrogen-bond acceptors (Lipinski definition) is 2. The fraction of sp³-hybridized carbons (Fsp3) is 0.625. The first-order chi connectivity index (χ1) is 9.20. The molecule has 2 atom stereocenters. The molecule has 2 rings (SSSR count). The first kappa shape index (κ1) is 14.5. The largest absolute Gasteiger partial charge is 0.396 e. The van der Waals surface area contributed by atoms with Crippen molar-refractivity contribution >= 4 is 0 Å². The Morgan fingerprint density at radius 2 is 2.00 bits per heavy atom. The Bertz CT molecular complexity index is 408. The summed E-state index contributed by atoms with van der Waals surface area (Å²) < 4.78 is 13.0. The Morgan fingerprint density at radius 1 is 1.26 bits per heavy atom. The van der Waals surface area contributed by atoms with Gasteiger partial charge in [0.2, 0.25) is 0 Å². The normalized spacial score (nSPS) is 23.5. The maximum absolute atomic E-state index is 13.0. The van der Waals surface area contributed by atoms with Gasteiger partial charge in [0.05, 0.1) is 0 Å².